The minimum Gasteiger partial charge on any atom is -0.493 e. The zero-order chi connectivity index (χ0) is 15.3. The molecule has 5 heteroatoms. The second-order valence-electron chi connectivity index (χ2n) is 6.03. The van der Waals surface area contributed by atoms with Crippen LogP contribution in [-0.4, -0.2) is 30.8 Å². The number of nitrogens with one attached hydrogen (secondary N) is 1. The Morgan fingerprint density at radius 2 is 2.14 bits per heavy atom. The first kappa shape index (κ1) is 15.6. The van der Waals surface area contributed by atoms with E-state index >= 15 is 0 Å². The topological polar surface area (TPSA) is 73.6 Å². The summed E-state index contributed by atoms with van der Waals surface area (Å²) in [6, 6.07) is 8.20. The highest BCUT2D eigenvalue weighted by Gasteiger charge is 2.28. The molecule has 1 atom stereocenters. The Balaban J connectivity index is 1.83. The third kappa shape index (κ3) is 5.27. The van der Waals surface area contributed by atoms with Crippen molar-refractivity contribution >= 4 is 11.6 Å². The van der Waals surface area contributed by atoms with Gasteiger partial charge in [-0.05, 0) is 51.0 Å². The first-order valence-electron chi connectivity index (χ1n) is 7.36. The van der Waals surface area contributed by atoms with Crippen LogP contribution in [0.5, 0.6) is 5.75 Å². The standard InChI is InChI=1S/C16H24N2O3/c1-16(2)11-13(7-10-21-16)18-12-3-5-14(6-4-12)20-9-8-15(17)19/h3-6,13,18H,7-11H2,1-2H3,(H2,17,19). The molecule has 5 nitrogen and oxygen atoms in total. The highest BCUT2D eigenvalue weighted by molar-refractivity contribution is 5.73. The van der Waals surface area contributed by atoms with Crippen molar-refractivity contribution in [3.05, 3.63) is 24.3 Å². The van der Waals surface area contributed by atoms with Crippen LogP contribution >= 0.6 is 0 Å². The van der Waals surface area contributed by atoms with Gasteiger partial charge in [0.2, 0.25) is 5.91 Å². The maximum absolute atomic E-state index is 10.6. The Hall–Kier alpha value is -1.75. The number of anilines is 1. The maximum atomic E-state index is 10.6. The van der Waals surface area contributed by atoms with Gasteiger partial charge in [0.15, 0.2) is 0 Å². The second kappa shape index (κ2) is 6.80. The van der Waals surface area contributed by atoms with E-state index in [4.69, 9.17) is 15.2 Å². The van der Waals surface area contributed by atoms with Crippen LogP contribution in [0.25, 0.3) is 0 Å². The number of benzene rings is 1. The van der Waals surface area contributed by atoms with Crippen LogP contribution in [0.4, 0.5) is 5.69 Å². The fourth-order valence-electron chi connectivity index (χ4n) is 2.51. The number of primary amides is 1. The number of hydrogen-bond acceptors (Lipinski definition) is 4. The van der Waals surface area contributed by atoms with Gasteiger partial charge in [-0.15, -0.1) is 0 Å². The van der Waals surface area contributed by atoms with Crippen molar-refractivity contribution < 1.29 is 14.3 Å². The molecule has 1 aromatic rings. The number of hydrogen-bond donors (Lipinski definition) is 2. The normalized spacial score (nSPS) is 20.8. The van der Waals surface area contributed by atoms with E-state index in [0.29, 0.717) is 12.6 Å². The Morgan fingerprint density at radius 3 is 2.76 bits per heavy atom. The van der Waals surface area contributed by atoms with E-state index < -0.39 is 0 Å². The third-order valence-electron chi connectivity index (χ3n) is 3.54. The predicted molar refractivity (Wildman–Crippen MR) is 82.4 cm³/mol. The molecule has 116 valence electrons. The number of ether oxygens (including phenoxy) is 2. The lowest BCUT2D eigenvalue weighted by molar-refractivity contribution is -0.118. The summed E-state index contributed by atoms with van der Waals surface area (Å²) in [4.78, 5) is 10.6. The van der Waals surface area contributed by atoms with Gasteiger partial charge in [-0.1, -0.05) is 0 Å². The number of carbonyl (C=O) groups excluding carboxylic acids is 1. The Morgan fingerprint density at radius 1 is 1.43 bits per heavy atom. The van der Waals surface area contributed by atoms with Crippen LogP contribution < -0.4 is 15.8 Å². The molecule has 1 heterocycles. The van der Waals surface area contributed by atoms with Crippen LogP contribution in [0.1, 0.15) is 33.1 Å². The van der Waals surface area contributed by atoms with E-state index in [-0.39, 0.29) is 17.9 Å². The highest BCUT2D eigenvalue weighted by atomic mass is 16.5. The van der Waals surface area contributed by atoms with E-state index in [2.05, 4.69) is 19.2 Å². The predicted octanol–water partition coefficient (Wildman–Crippen LogP) is 2.31. The van der Waals surface area contributed by atoms with Gasteiger partial charge >= 0.3 is 0 Å². The molecular formula is C16H24N2O3. The van der Waals surface area contributed by atoms with E-state index in [1.54, 1.807) is 0 Å². The average molecular weight is 292 g/mol. The minimum atomic E-state index is -0.351. The molecule has 1 aliphatic rings. The Bertz CT molecular complexity index is 471. The molecule has 1 unspecified atom stereocenters. The first-order chi connectivity index (χ1) is 9.94. The van der Waals surface area contributed by atoms with Gasteiger partial charge < -0.3 is 20.5 Å². The highest BCUT2D eigenvalue weighted by Crippen LogP contribution is 2.27. The zero-order valence-corrected chi connectivity index (χ0v) is 12.7. The molecule has 1 saturated heterocycles. The number of carbonyl (C=O) groups is 1. The van der Waals surface area contributed by atoms with Crippen LogP contribution in [0.2, 0.25) is 0 Å². The second-order valence-corrected chi connectivity index (χ2v) is 6.03. The first-order valence-corrected chi connectivity index (χ1v) is 7.36. The van der Waals surface area contributed by atoms with Gasteiger partial charge in [-0.3, -0.25) is 4.79 Å². The van der Waals surface area contributed by atoms with Crippen LogP contribution in [0, 0.1) is 0 Å². The SMILES string of the molecule is CC1(C)CC(Nc2ccc(OCCC(N)=O)cc2)CCO1. The van der Waals surface area contributed by atoms with E-state index in [0.717, 1.165) is 30.9 Å². The van der Waals surface area contributed by atoms with Gasteiger partial charge in [-0.25, -0.2) is 0 Å². The molecule has 0 bridgehead atoms. The van der Waals surface area contributed by atoms with Crippen LogP contribution in [0.3, 0.4) is 0 Å². The molecule has 1 aromatic carbocycles. The lowest BCUT2D eigenvalue weighted by Crippen LogP contribution is -2.40. The molecule has 3 N–H and O–H groups in total. The summed E-state index contributed by atoms with van der Waals surface area (Å²) >= 11 is 0. The summed E-state index contributed by atoms with van der Waals surface area (Å²) in [5.74, 6) is 0.393. The largest absolute Gasteiger partial charge is 0.493 e. The summed E-state index contributed by atoms with van der Waals surface area (Å²) in [5.41, 5.74) is 6.08. The van der Waals surface area contributed by atoms with Crippen molar-refractivity contribution in [3.63, 3.8) is 0 Å². The lowest BCUT2D eigenvalue weighted by Gasteiger charge is -2.36. The maximum Gasteiger partial charge on any atom is 0.220 e. The van der Waals surface area contributed by atoms with E-state index in [1.807, 2.05) is 24.3 Å². The molecular weight excluding hydrogens is 268 g/mol. The zero-order valence-electron chi connectivity index (χ0n) is 12.7. The Kier molecular flexibility index (Phi) is 5.07. The molecule has 1 amide bonds. The van der Waals surface area contributed by atoms with Gasteiger partial charge in [0, 0.05) is 18.3 Å². The van der Waals surface area contributed by atoms with Gasteiger partial charge in [0.25, 0.3) is 0 Å². The monoisotopic (exact) mass is 292 g/mol. The molecule has 1 aliphatic heterocycles. The summed E-state index contributed by atoms with van der Waals surface area (Å²) in [5, 5.41) is 3.53. The molecule has 0 spiro atoms. The third-order valence-corrected chi connectivity index (χ3v) is 3.54. The fourth-order valence-corrected chi connectivity index (χ4v) is 2.51. The smallest absolute Gasteiger partial charge is 0.220 e. The summed E-state index contributed by atoms with van der Waals surface area (Å²) < 4.78 is 11.2. The molecule has 0 saturated carbocycles. The van der Waals surface area contributed by atoms with Crippen molar-refractivity contribution in [2.24, 2.45) is 5.73 Å². The summed E-state index contributed by atoms with van der Waals surface area (Å²) in [7, 11) is 0. The van der Waals surface area contributed by atoms with Gasteiger partial charge in [-0.2, -0.15) is 0 Å². The minimum absolute atomic E-state index is 0.0618. The van der Waals surface area contributed by atoms with Gasteiger partial charge in [0.05, 0.1) is 18.6 Å². The molecule has 0 radical (unpaired) electrons. The quantitative estimate of drug-likeness (QED) is 0.844. The van der Waals surface area contributed by atoms with E-state index in [9.17, 15) is 4.79 Å². The summed E-state index contributed by atoms with van der Waals surface area (Å²) in [6.45, 7) is 5.35. The molecule has 1 fully saturated rings. The van der Waals surface area contributed by atoms with Crippen LogP contribution in [-0.2, 0) is 9.53 Å². The Labute approximate surface area is 125 Å². The molecule has 0 aromatic heterocycles. The average Bonchev–Trinajstić information content (AvgIpc) is 2.39. The van der Waals surface area contributed by atoms with Gasteiger partial charge in [0.1, 0.15) is 5.75 Å². The van der Waals surface area contributed by atoms with Crippen molar-refractivity contribution in [1.82, 2.24) is 0 Å². The number of amides is 1. The summed E-state index contributed by atoms with van der Waals surface area (Å²) in [6.07, 6.45) is 2.24. The van der Waals surface area contributed by atoms with E-state index in [1.165, 1.54) is 0 Å². The van der Waals surface area contributed by atoms with Crippen molar-refractivity contribution in [2.45, 2.75) is 44.8 Å². The molecule has 0 aliphatic carbocycles. The molecule has 2 rings (SSSR count). The number of rotatable bonds is 6. The van der Waals surface area contributed by atoms with Crippen molar-refractivity contribution in [1.29, 1.82) is 0 Å². The van der Waals surface area contributed by atoms with Crippen molar-refractivity contribution in [2.75, 3.05) is 18.5 Å². The lowest BCUT2D eigenvalue weighted by atomic mass is 9.94. The van der Waals surface area contributed by atoms with Crippen molar-refractivity contribution in [3.8, 4) is 5.75 Å². The van der Waals surface area contributed by atoms with Crippen LogP contribution in [0.15, 0.2) is 24.3 Å². The fraction of sp³-hybridized carbons (Fsp3) is 0.562. The molecule has 21 heavy (non-hydrogen) atoms. The number of nitrogens with two attached hydrogens (primary N) is 1.